The molecule has 1 aromatic carbocycles. The van der Waals surface area contributed by atoms with Gasteiger partial charge in [-0.2, -0.15) is 4.31 Å². The average Bonchev–Trinajstić information content (AvgIpc) is 2.39. The summed E-state index contributed by atoms with van der Waals surface area (Å²) >= 11 is 6.00. The van der Waals surface area contributed by atoms with Crippen LogP contribution in [0.2, 0.25) is 5.02 Å². The van der Waals surface area contributed by atoms with Crippen molar-refractivity contribution >= 4 is 27.3 Å². The molecule has 0 atom stereocenters. The third-order valence-electron chi connectivity index (χ3n) is 2.87. The quantitative estimate of drug-likeness (QED) is 0.617. The maximum Gasteiger partial charge on any atom is 0.243 e. The van der Waals surface area contributed by atoms with E-state index in [-0.39, 0.29) is 18.0 Å². The number of benzene rings is 1. The van der Waals surface area contributed by atoms with Gasteiger partial charge in [-0.1, -0.05) is 17.7 Å². The predicted molar refractivity (Wildman–Crippen MR) is 81.4 cm³/mol. The summed E-state index contributed by atoms with van der Waals surface area (Å²) in [6, 6.07) is 2.82. The molecule has 2 N–H and O–H groups in total. The van der Waals surface area contributed by atoms with Gasteiger partial charge in [0.25, 0.3) is 0 Å². The van der Waals surface area contributed by atoms with Gasteiger partial charge in [0.2, 0.25) is 10.0 Å². The summed E-state index contributed by atoms with van der Waals surface area (Å²) in [6.45, 7) is 6.02. The molecule has 20 heavy (non-hydrogen) atoms. The first-order valence-electron chi connectivity index (χ1n) is 6.00. The van der Waals surface area contributed by atoms with Crippen LogP contribution in [0.15, 0.2) is 29.7 Å². The molecule has 0 spiro atoms. The lowest BCUT2D eigenvalue weighted by molar-refractivity contribution is 0.182. The fourth-order valence-electron chi connectivity index (χ4n) is 1.62. The van der Waals surface area contributed by atoms with Gasteiger partial charge in [-0.15, -0.1) is 6.58 Å². The summed E-state index contributed by atoms with van der Waals surface area (Å²) in [4.78, 5) is 0.0727. The van der Waals surface area contributed by atoms with Crippen molar-refractivity contribution in [2.24, 2.45) is 0 Å². The van der Waals surface area contributed by atoms with Crippen LogP contribution in [0.4, 0.5) is 5.69 Å². The number of nitrogens with zero attached hydrogens (tertiary/aromatic N) is 1. The van der Waals surface area contributed by atoms with Gasteiger partial charge >= 0.3 is 0 Å². The minimum absolute atomic E-state index is 0.0727. The van der Waals surface area contributed by atoms with E-state index in [1.54, 1.807) is 6.92 Å². The van der Waals surface area contributed by atoms with E-state index in [1.165, 1.54) is 29.6 Å². The van der Waals surface area contributed by atoms with Crippen LogP contribution in [0.1, 0.15) is 5.56 Å². The first-order chi connectivity index (χ1) is 9.34. The van der Waals surface area contributed by atoms with Gasteiger partial charge in [0, 0.05) is 30.9 Å². The number of hydrogen-bond acceptors (Lipinski definition) is 4. The maximum absolute atomic E-state index is 12.6. The molecule has 1 rings (SSSR count). The van der Waals surface area contributed by atoms with Gasteiger partial charge in [-0.05, 0) is 24.6 Å². The zero-order valence-electron chi connectivity index (χ0n) is 11.6. The fourth-order valence-corrected chi connectivity index (χ4v) is 3.37. The Morgan fingerprint density at radius 2 is 2.15 bits per heavy atom. The monoisotopic (exact) mass is 318 g/mol. The summed E-state index contributed by atoms with van der Waals surface area (Å²) in [5, 5.41) is 0.328. The van der Waals surface area contributed by atoms with Gasteiger partial charge in [-0.3, -0.25) is 0 Å². The van der Waals surface area contributed by atoms with Crippen LogP contribution in [0.3, 0.4) is 0 Å². The molecule has 0 aromatic heterocycles. The average molecular weight is 319 g/mol. The molecule has 0 aliphatic rings. The number of nitrogens with two attached hydrogens (primary N) is 1. The van der Waals surface area contributed by atoms with E-state index in [9.17, 15) is 8.42 Å². The highest BCUT2D eigenvalue weighted by Gasteiger charge is 2.24. The molecular formula is C13H19ClN2O3S. The normalized spacial score (nSPS) is 11.8. The lowest BCUT2D eigenvalue weighted by atomic mass is 10.2. The van der Waals surface area contributed by atoms with Crippen molar-refractivity contribution in [1.29, 1.82) is 0 Å². The standard InChI is InChI=1S/C13H19ClN2O3S/c1-4-5-16(6-7-19-3)20(17,18)11-8-12(14)10(2)13(15)9-11/h4,8-9H,1,5-7,15H2,2-3H3. The zero-order valence-corrected chi connectivity index (χ0v) is 13.2. The third-order valence-corrected chi connectivity index (χ3v) is 5.11. The molecule has 0 bridgehead atoms. The topological polar surface area (TPSA) is 72.6 Å². The summed E-state index contributed by atoms with van der Waals surface area (Å²) < 4.78 is 31.3. The Bertz CT molecular complexity index is 564. The van der Waals surface area contributed by atoms with Crippen LogP contribution < -0.4 is 5.73 Å². The molecule has 0 unspecified atom stereocenters. The van der Waals surface area contributed by atoms with Crippen molar-refractivity contribution in [1.82, 2.24) is 4.31 Å². The van der Waals surface area contributed by atoms with E-state index in [0.717, 1.165) is 0 Å². The predicted octanol–water partition coefficient (Wildman–Crippen LogP) is 2.05. The van der Waals surface area contributed by atoms with Crippen molar-refractivity contribution in [2.45, 2.75) is 11.8 Å². The Hall–Kier alpha value is -1.08. The van der Waals surface area contributed by atoms with E-state index in [2.05, 4.69) is 6.58 Å². The van der Waals surface area contributed by atoms with Crippen molar-refractivity contribution in [2.75, 3.05) is 32.5 Å². The summed E-state index contributed by atoms with van der Waals surface area (Å²) in [5.41, 5.74) is 6.79. The Morgan fingerprint density at radius 3 is 2.65 bits per heavy atom. The number of nitrogen functional groups attached to an aromatic ring is 1. The van der Waals surface area contributed by atoms with Gasteiger partial charge in [0.05, 0.1) is 11.5 Å². The largest absolute Gasteiger partial charge is 0.398 e. The van der Waals surface area contributed by atoms with E-state index in [4.69, 9.17) is 22.1 Å². The number of ether oxygens (including phenoxy) is 1. The maximum atomic E-state index is 12.6. The lowest BCUT2D eigenvalue weighted by Crippen LogP contribution is -2.34. The van der Waals surface area contributed by atoms with Crippen LogP contribution in [0, 0.1) is 6.92 Å². The molecule has 0 saturated heterocycles. The summed E-state index contributed by atoms with van der Waals surface area (Å²) in [7, 11) is -2.17. The van der Waals surface area contributed by atoms with Crippen LogP contribution in [0.25, 0.3) is 0 Å². The van der Waals surface area contributed by atoms with Crippen molar-refractivity contribution < 1.29 is 13.2 Å². The zero-order chi connectivity index (χ0) is 15.3. The molecule has 5 nitrogen and oxygen atoms in total. The first-order valence-corrected chi connectivity index (χ1v) is 7.82. The SMILES string of the molecule is C=CCN(CCOC)S(=O)(=O)c1cc(N)c(C)c(Cl)c1. The minimum Gasteiger partial charge on any atom is -0.398 e. The molecule has 0 amide bonds. The van der Waals surface area contributed by atoms with Gasteiger partial charge in [-0.25, -0.2) is 8.42 Å². The van der Waals surface area contributed by atoms with Crippen LogP contribution in [-0.4, -0.2) is 39.5 Å². The Morgan fingerprint density at radius 1 is 1.50 bits per heavy atom. The second-order valence-electron chi connectivity index (χ2n) is 4.26. The van der Waals surface area contributed by atoms with E-state index in [1.807, 2.05) is 0 Å². The van der Waals surface area contributed by atoms with Crippen LogP contribution >= 0.6 is 11.6 Å². The van der Waals surface area contributed by atoms with Gasteiger partial charge < -0.3 is 10.5 Å². The Balaban J connectivity index is 3.22. The highest BCUT2D eigenvalue weighted by Crippen LogP contribution is 2.27. The first kappa shape index (κ1) is 17.0. The molecule has 112 valence electrons. The van der Waals surface area contributed by atoms with Crippen molar-refractivity contribution in [3.63, 3.8) is 0 Å². The van der Waals surface area contributed by atoms with Gasteiger partial charge in [0.15, 0.2) is 0 Å². The van der Waals surface area contributed by atoms with E-state index in [0.29, 0.717) is 22.9 Å². The summed E-state index contributed by atoms with van der Waals surface area (Å²) in [5.74, 6) is 0. The van der Waals surface area contributed by atoms with Gasteiger partial charge in [0.1, 0.15) is 0 Å². The van der Waals surface area contributed by atoms with Crippen LogP contribution in [0.5, 0.6) is 0 Å². The third kappa shape index (κ3) is 3.73. The van der Waals surface area contributed by atoms with Crippen LogP contribution in [-0.2, 0) is 14.8 Å². The molecule has 7 heteroatoms. The van der Waals surface area contributed by atoms with E-state index >= 15 is 0 Å². The summed E-state index contributed by atoms with van der Waals surface area (Å²) in [6.07, 6.45) is 1.52. The number of halogens is 1. The van der Waals surface area contributed by atoms with E-state index < -0.39 is 10.0 Å². The number of sulfonamides is 1. The number of methoxy groups -OCH3 is 1. The fraction of sp³-hybridized carbons (Fsp3) is 0.385. The highest BCUT2D eigenvalue weighted by molar-refractivity contribution is 7.89. The Kier molecular flexibility index (Phi) is 6.01. The lowest BCUT2D eigenvalue weighted by Gasteiger charge is -2.21. The molecule has 0 aliphatic carbocycles. The molecular weight excluding hydrogens is 300 g/mol. The molecule has 0 aliphatic heterocycles. The minimum atomic E-state index is -3.68. The molecule has 0 radical (unpaired) electrons. The smallest absolute Gasteiger partial charge is 0.243 e. The number of hydrogen-bond donors (Lipinski definition) is 1. The molecule has 0 saturated carbocycles. The molecule has 1 aromatic rings. The molecule has 0 fully saturated rings. The van der Waals surface area contributed by atoms with Crippen molar-refractivity contribution in [3.8, 4) is 0 Å². The highest BCUT2D eigenvalue weighted by atomic mass is 35.5. The second-order valence-corrected chi connectivity index (χ2v) is 6.61. The Labute approximate surface area is 125 Å². The van der Waals surface area contributed by atoms with Crippen molar-refractivity contribution in [3.05, 3.63) is 35.4 Å². The molecule has 0 heterocycles. The number of anilines is 1. The second kappa shape index (κ2) is 7.08. The number of rotatable bonds is 7.